The van der Waals surface area contributed by atoms with Crippen LogP contribution in [0.25, 0.3) is 0 Å². The number of rotatable bonds is 4. The third-order valence-electron chi connectivity index (χ3n) is 3.36. The fourth-order valence-electron chi connectivity index (χ4n) is 2.46. The van der Waals surface area contributed by atoms with Gasteiger partial charge < -0.3 is 4.90 Å². The SMILES string of the molecule is CCN(C(=NCC(C)C)NN)C1CCCCC1. The molecule has 0 unspecified atom stereocenters. The van der Waals surface area contributed by atoms with Gasteiger partial charge in [0, 0.05) is 19.1 Å². The van der Waals surface area contributed by atoms with E-state index in [0.717, 1.165) is 19.0 Å². The van der Waals surface area contributed by atoms with Crippen LogP contribution in [0.5, 0.6) is 0 Å². The van der Waals surface area contributed by atoms with E-state index < -0.39 is 0 Å². The highest BCUT2D eigenvalue weighted by molar-refractivity contribution is 5.79. The summed E-state index contributed by atoms with van der Waals surface area (Å²) >= 11 is 0. The number of aliphatic imine (C=N–C) groups is 1. The first-order valence-electron chi connectivity index (χ1n) is 6.96. The van der Waals surface area contributed by atoms with Crippen molar-refractivity contribution in [2.75, 3.05) is 13.1 Å². The Labute approximate surface area is 106 Å². The first-order valence-corrected chi connectivity index (χ1v) is 6.96. The predicted octanol–water partition coefficient (Wildman–Crippen LogP) is 2.12. The van der Waals surface area contributed by atoms with Crippen LogP contribution in [0.2, 0.25) is 0 Å². The Bertz CT molecular complexity index is 232. The molecule has 0 bridgehead atoms. The Balaban J connectivity index is 2.64. The summed E-state index contributed by atoms with van der Waals surface area (Å²) < 4.78 is 0. The van der Waals surface area contributed by atoms with E-state index in [2.05, 4.69) is 36.1 Å². The number of nitrogens with zero attached hydrogens (tertiary/aromatic N) is 2. The minimum Gasteiger partial charge on any atom is -0.339 e. The molecule has 1 fully saturated rings. The molecule has 4 nitrogen and oxygen atoms in total. The maximum absolute atomic E-state index is 5.62. The molecule has 1 rings (SSSR count). The molecule has 0 saturated heterocycles. The molecule has 0 amide bonds. The van der Waals surface area contributed by atoms with Crippen LogP contribution in [0.1, 0.15) is 52.9 Å². The Morgan fingerprint density at radius 3 is 2.47 bits per heavy atom. The number of guanidine groups is 1. The zero-order valence-corrected chi connectivity index (χ0v) is 11.6. The molecule has 0 heterocycles. The van der Waals surface area contributed by atoms with Gasteiger partial charge in [0.2, 0.25) is 5.96 Å². The van der Waals surface area contributed by atoms with Gasteiger partial charge >= 0.3 is 0 Å². The molecule has 0 aliphatic heterocycles. The highest BCUT2D eigenvalue weighted by atomic mass is 15.4. The van der Waals surface area contributed by atoms with E-state index in [-0.39, 0.29) is 0 Å². The number of hydrazine groups is 1. The molecular formula is C13H28N4. The van der Waals surface area contributed by atoms with Gasteiger partial charge in [-0.2, -0.15) is 0 Å². The van der Waals surface area contributed by atoms with Gasteiger partial charge in [0.15, 0.2) is 0 Å². The summed E-state index contributed by atoms with van der Waals surface area (Å²) in [7, 11) is 0. The molecule has 1 saturated carbocycles. The fourth-order valence-corrected chi connectivity index (χ4v) is 2.46. The van der Waals surface area contributed by atoms with Gasteiger partial charge in [-0.25, -0.2) is 5.84 Å². The van der Waals surface area contributed by atoms with Crippen molar-refractivity contribution in [3.63, 3.8) is 0 Å². The monoisotopic (exact) mass is 240 g/mol. The highest BCUT2D eigenvalue weighted by Gasteiger charge is 2.22. The normalized spacial score (nSPS) is 18.5. The quantitative estimate of drug-likeness (QED) is 0.342. The molecule has 4 heteroatoms. The lowest BCUT2D eigenvalue weighted by Crippen LogP contribution is -2.50. The van der Waals surface area contributed by atoms with Crippen molar-refractivity contribution in [2.24, 2.45) is 16.8 Å². The minimum absolute atomic E-state index is 0.573. The Morgan fingerprint density at radius 1 is 1.35 bits per heavy atom. The fraction of sp³-hybridized carbons (Fsp3) is 0.923. The molecule has 0 spiro atoms. The lowest BCUT2D eigenvalue weighted by molar-refractivity contribution is 0.245. The largest absolute Gasteiger partial charge is 0.339 e. The van der Waals surface area contributed by atoms with Crippen LogP contribution in [-0.2, 0) is 0 Å². The van der Waals surface area contributed by atoms with Crippen LogP contribution in [0, 0.1) is 5.92 Å². The van der Waals surface area contributed by atoms with E-state index >= 15 is 0 Å². The summed E-state index contributed by atoms with van der Waals surface area (Å²) in [6, 6.07) is 0.621. The zero-order chi connectivity index (χ0) is 12.7. The Kier molecular flexibility index (Phi) is 6.34. The molecule has 100 valence electrons. The van der Waals surface area contributed by atoms with Crippen molar-refractivity contribution in [3.8, 4) is 0 Å². The van der Waals surface area contributed by atoms with Gasteiger partial charge in [0.1, 0.15) is 0 Å². The standard InChI is InChI=1S/C13H28N4/c1-4-17(12-8-6-5-7-9-12)13(16-14)15-10-11(2)3/h11-12H,4-10,14H2,1-3H3,(H,15,16). The molecule has 17 heavy (non-hydrogen) atoms. The molecule has 0 radical (unpaired) electrons. The number of nitrogens with two attached hydrogens (primary N) is 1. The van der Waals surface area contributed by atoms with E-state index in [1.807, 2.05) is 0 Å². The first-order chi connectivity index (χ1) is 8.19. The van der Waals surface area contributed by atoms with Gasteiger partial charge in [-0.15, -0.1) is 0 Å². The van der Waals surface area contributed by atoms with Crippen molar-refractivity contribution < 1.29 is 0 Å². The average molecular weight is 240 g/mol. The van der Waals surface area contributed by atoms with Crippen molar-refractivity contribution in [3.05, 3.63) is 0 Å². The van der Waals surface area contributed by atoms with Crippen LogP contribution in [-0.4, -0.2) is 30.0 Å². The molecular weight excluding hydrogens is 212 g/mol. The van der Waals surface area contributed by atoms with Gasteiger partial charge in [0.25, 0.3) is 0 Å². The minimum atomic E-state index is 0.573. The maximum atomic E-state index is 5.62. The van der Waals surface area contributed by atoms with Crippen LogP contribution in [0.15, 0.2) is 4.99 Å². The van der Waals surface area contributed by atoms with Crippen molar-refractivity contribution in [1.82, 2.24) is 10.3 Å². The third kappa shape index (κ3) is 4.54. The van der Waals surface area contributed by atoms with E-state index in [1.165, 1.54) is 32.1 Å². The predicted molar refractivity (Wildman–Crippen MR) is 73.7 cm³/mol. The summed E-state index contributed by atoms with van der Waals surface area (Å²) in [4.78, 5) is 6.93. The average Bonchev–Trinajstić information content (AvgIpc) is 2.35. The Morgan fingerprint density at radius 2 is 2.00 bits per heavy atom. The lowest BCUT2D eigenvalue weighted by atomic mass is 9.94. The second kappa shape index (κ2) is 7.54. The van der Waals surface area contributed by atoms with Crippen LogP contribution in [0.4, 0.5) is 0 Å². The molecule has 3 N–H and O–H groups in total. The second-order valence-electron chi connectivity index (χ2n) is 5.28. The summed E-state index contributed by atoms with van der Waals surface area (Å²) in [5.41, 5.74) is 2.78. The molecule has 0 atom stereocenters. The first kappa shape index (κ1) is 14.3. The zero-order valence-electron chi connectivity index (χ0n) is 11.6. The van der Waals surface area contributed by atoms with Crippen molar-refractivity contribution >= 4 is 5.96 Å². The highest BCUT2D eigenvalue weighted by Crippen LogP contribution is 2.22. The molecule has 1 aliphatic carbocycles. The number of nitrogens with one attached hydrogen (secondary N) is 1. The smallest absolute Gasteiger partial charge is 0.208 e. The van der Waals surface area contributed by atoms with E-state index in [0.29, 0.717) is 12.0 Å². The number of hydrogen-bond acceptors (Lipinski definition) is 2. The van der Waals surface area contributed by atoms with Crippen LogP contribution < -0.4 is 11.3 Å². The second-order valence-corrected chi connectivity index (χ2v) is 5.28. The molecule has 0 aromatic heterocycles. The van der Waals surface area contributed by atoms with Crippen molar-refractivity contribution in [1.29, 1.82) is 0 Å². The van der Waals surface area contributed by atoms with E-state index in [1.54, 1.807) is 0 Å². The van der Waals surface area contributed by atoms with E-state index in [9.17, 15) is 0 Å². The van der Waals surface area contributed by atoms with Crippen LogP contribution in [0.3, 0.4) is 0 Å². The van der Waals surface area contributed by atoms with Gasteiger partial charge in [-0.3, -0.25) is 10.4 Å². The molecule has 0 aromatic rings. The van der Waals surface area contributed by atoms with Gasteiger partial charge in [0.05, 0.1) is 0 Å². The Hall–Kier alpha value is -0.770. The summed E-state index contributed by atoms with van der Waals surface area (Å²) in [5, 5.41) is 0. The lowest BCUT2D eigenvalue weighted by Gasteiger charge is -2.35. The van der Waals surface area contributed by atoms with Gasteiger partial charge in [-0.05, 0) is 25.7 Å². The maximum Gasteiger partial charge on any atom is 0.208 e. The number of hydrogen-bond donors (Lipinski definition) is 2. The summed E-state index contributed by atoms with van der Waals surface area (Å²) in [6.45, 7) is 8.34. The molecule has 1 aliphatic rings. The van der Waals surface area contributed by atoms with Crippen molar-refractivity contribution in [2.45, 2.75) is 58.9 Å². The van der Waals surface area contributed by atoms with Crippen LogP contribution >= 0.6 is 0 Å². The third-order valence-corrected chi connectivity index (χ3v) is 3.36. The van der Waals surface area contributed by atoms with E-state index in [4.69, 9.17) is 5.84 Å². The topological polar surface area (TPSA) is 53.6 Å². The van der Waals surface area contributed by atoms with Gasteiger partial charge in [-0.1, -0.05) is 33.1 Å². The summed E-state index contributed by atoms with van der Waals surface area (Å²) in [6.07, 6.45) is 6.60. The summed E-state index contributed by atoms with van der Waals surface area (Å²) in [5.74, 6) is 7.06. The molecule has 0 aromatic carbocycles.